The molecule has 110 valence electrons. The molecule has 4 nitrogen and oxygen atoms in total. The molecular formula is C15H22N2O2S. The first-order chi connectivity index (χ1) is 9.47. The van der Waals surface area contributed by atoms with E-state index in [2.05, 4.69) is 11.4 Å². The molecule has 0 atom stereocenters. The summed E-state index contributed by atoms with van der Waals surface area (Å²) in [6.45, 7) is 6.04. The Morgan fingerprint density at radius 1 is 1.20 bits per heavy atom. The van der Waals surface area contributed by atoms with Gasteiger partial charge in [0, 0.05) is 12.0 Å². The van der Waals surface area contributed by atoms with Crippen LogP contribution in [0.25, 0.3) is 0 Å². The third-order valence-electron chi connectivity index (χ3n) is 4.65. The normalized spacial score (nSPS) is 21.4. The Hall–Kier alpha value is -1.07. The van der Waals surface area contributed by atoms with Crippen molar-refractivity contribution in [1.29, 1.82) is 0 Å². The maximum atomic E-state index is 12.6. The van der Waals surface area contributed by atoms with E-state index in [-0.39, 0.29) is 10.7 Å². The molecule has 0 radical (unpaired) electrons. The highest BCUT2D eigenvalue weighted by Gasteiger charge is 2.47. The van der Waals surface area contributed by atoms with E-state index >= 15 is 0 Å². The highest BCUT2D eigenvalue weighted by Crippen LogP contribution is 2.47. The van der Waals surface area contributed by atoms with Crippen molar-refractivity contribution in [2.75, 3.05) is 23.9 Å². The smallest absolute Gasteiger partial charge is 0.237 e. The van der Waals surface area contributed by atoms with Gasteiger partial charge in [0.05, 0.1) is 10.9 Å². The topological polar surface area (TPSA) is 49.4 Å². The summed E-state index contributed by atoms with van der Waals surface area (Å²) < 4.78 is 26.9. The molecule has 1 aromatic rings. The van der Waals surface area contributed by atoms with Gasteiger partial charge in [-0.25, -0.2) is 8.42 Å². The average Bonchev–Trinajstić information content (AvgIpc) is 2.76. The van der Waals surface area contributed by atoms with Gasteiger partial charge >= 0.3 is 0 Å². The van der Waals surface area contributed by atoms with Crippen LogP contribution in [0.15, 0.2) is 24.3 Å². The van der Waals surface area contributed by atoms with Gasteiger partial charge in [-0.15, -0.1) is 0 Å². The van der Waals surface area contributed by atoms with Gasteiger partial charge in [-0.1, -0.05) is 18.2 Å². The Bertz CT molecular complexity index is 604. The first kappa shape index (κ1) is 13.9. The standard InChI is InChI=1S/C15H22N2O2S/c1-12(2)20(18,19)17-11-15(7-9-16-10-8-15)13-5-3-4-6-14(13)17/h3-6,12,16H,7-11H2,1-2H3. The van der Waals surface area contributed by atoms with E-state index in [1.807, 2.05) is 18.2 Å². The van der Waals surface area contributed by atoms with Crippen LogP contribution in [0.3, 0.4) is 0 Å². The van der Waals surface area contributed by atoms with Gasteiger partial charge < -0.3 is 5.32 Å². The predicted molar refractivity (Wildman–Crippen MR) is 81.6 cm³/mol. The minimum Gasteiger partial charge on any atom is -0.317 e. The molecule has 0 bridgehead atoms. The second kappa shape index (κ2) is 4.74. The second-order valence-electron chi connectivity index (χ2n) is 6.15. The van der Waals surface area contributed by atoms with Gasteiger partial charge in [0.15, 0.2) is 0 Å². The Kier molecular flexibility index (Phi) is 3.29. The van der Waals surface area contributed by atoms with Crippen LogP contribution in [-0.2, 0) is 15.4 Å². The van der Waals surface area contributed by atoms with Gasteiger partial charge in [0.25, 0.3) is 0 Å². The number of anilines is 1. The van der Waals surface area contributed by atoms with Crippen LogP contribution in [0, 0.1) is 0 Å². The number of benzene rings is 1. The van der Waals surface area contributed by atoms with Crippen molar-refractivity contribution in [2.24, 2.45) is 0 Å². The first-order valence-corrected chi connectivity index (χ1v) is 8.79. The summed E-state index contributed by atoms with van der Waals surface area (Å²) in [5, 5.41) is 2.99. The van der Waals surface area contributed by atoms with Crippen molar-refractivity contribution in [3.8, 4) is 0 Å². The summed E-state index contributed by atoms with van der Waals surface area (Å²) in [5.74, 6) is 0. The molecule has 3 rings (SSSR count). The molecule has 1 aromatic carbocycles. The summed E-state index contributed by atoms with van der Waals surface area (Å²) in [5.41, 5.74) is 2.11. The Labute approximate surface area is 121 Å². The summed E-state index contributed by atoms with van der Waals surface area (Å²) >= 11 is 0. The molecule has 0 aromatic heterocycles. The van der Waals surface area contributed by atoms with Crippen LogP contribution in [0.5, 0.6) is 0 Å². The zero-order chi connectivity index (χ0) is 14.4. The lowest BCUT2D eigenvalue weighted by Crippen LogP contribution is -2.45. The van der Waals surface area contributed by atoms with Gasteiger partial charge in [0.2, 0.25) is 10.0 Å². The van der Waals surface area contributed by atoms with Gasteiger partial charge in [-0.05, 0) is 51.4 Å². The quantitative estimate of drug-likeness (QED) is 0.906. The summed E-state index contributed by atoms with van der Waals surface area (Å²) in [4.78, 5) is 0. The van der Waals surface area contributed by atoms with Crippen molar-refractivity contribution < 1.29 is 8.42 Å². The molecule has 2 heterocycles. The van der Waals surface area contributed by atoms with Crippen LogP contribution in [0.2, 0.25) is 0 Å². The van der Waals surface area contributed by atoms with E-state index in [0.29, 0.717) is 6.54 Å². The van der Waals surface area contributed by atoms with Crippen LogP contribution in [0.1, 0.15) is 32.3 Å². The Balaban J connectivity index is 2.09. The molecule has 5 heteroatoms. The van der Waals surface area contributed by atoms with E-state index in [4.69, 9.17) is 0 Å². The molecular weight excluding hydrogens is 272 g/mol. The molecule has 2 aliphatic heterocycles. The number of sulfonamides is 1. The van der Waals surface area contributed by atoms with Crippen molar-refractivity contribution in [3.63, 3.8) is 0 Å². The molecule has 1 fully saturated rings. The van der Waals surface area contributed by atoms with E-state index in [1.54, 1.807) is 18.2 Å². The maximum Gasteiger partial charge on any atom is 0.237 e. The number of nitrogens with one attached hydrogen (secondary N) is 1. The SMILES string of the molecule is CC(C)S(=O)(=O)N1CC2(CCNCC2)c2ccccc21. The summed E-state index contributed by atoms with van der Waals surface area (Å²) in [6, 6.07) is 8.01. The molecule has 1 spiro atoms. The lowest BCUT2D eigenvalue weighted by molar-refractivity contribution is 0.330. The van der Waals surface area contributed by atoms with E-state index in [1.165, 1.54) is 5.56 Å². The second-order valence-corrected chi connectivity index (χ2v) is 8.56. The Morgan fingerprint density at radius 3 is 2.50 bits per heavy atom. The number of rotatable bonds is 2. The molecule has 0 unspecified atom stereocenters. The number of fused-ring (bicyclic) bond motifs is 2. The highest BCUT2D eigenvalue weighted by molar-refractivity contribution is 7.93. The Morgan fingerprint density at radius 2 is 1.85 bits per heavy atom. The third-order valence-corrected chi connectivity index (χ3v) is 6.79. The maximum absolute atomic E-state index is 12.6. The fraction of sp³-hybridized carbons (Fsp3) is 0.600. The molecule has 0 aliphatic carbocycles. The first-order valence-electron chi connectivity index (χ1n) is 7.29. The van der Waals surface area contributed by atoms with Crippen molar-refractivity contribution in [3.05, 3.63) is 29.8 Å². The van der Waals surface area contributed by atoms with Gasteiger partial charge in [-0.2, -0.15) is 0 Å². The third kappa shape index (κ3) is 1.95. The van der Waals surface area contributed by atoms with Crippen LogP contribution in [-0.4, -0.2) is 33.3 Å². The predicted octanol–water partition coefficient (Wildman–Crippen LogP) is 1.87. The molecule has 1 N–H and O–H groups in total. The summed E-state index contributed by atoms with van der Waals surface area (Å²) in [6.07, 6.45) is 2.02. The van der Waals surface area contributed by atoms with E-state index in [9.17, 15) is 8.42 Å². The number of piperidine rings is 1. The molecule has 0 saturated carbocycles. The van der Waals surface area contributed by atoms with Gasteiger partial charge in [-0.3, -0.25) is 4.31 Å². The average molecular weight is 294 g/mol. The highest BCUT2D eigenvalue weighted by atomic mass is 32.2. The number of para-hydroxylation sites is 1. The minimum absolute atomic E-state index is 0.00377. The molecule has 0 amide bonds. The lowest BCUT2D eigenvalue weighted by atomic mass is 9.75. The minimum atomic E-state index is -3.25. The van der Waals surface area contributed by atoms with Crippen LogP contribution < -0.4 is 9.62 Å². The fourth-order valence-corrected chi connectivity index (χ4v) is 4.77. The number of nitrogens with zero attached hydrogens (tertiary/aromatic N) is 1. The van der Waals surface area contributed by atoms with Crippen molar-refractivity contribution >= 4 is 15.7 Å². The zero-order valence-electron chi connectivity index (χ0n) is 12.1. The monoisotopic (exact) mass is 294 g/mol. The van der Waals surface area contributed by atoms with Crippen molar-refractivity contribution in [1.82, 2.24) is 5.32 Å². The number of hydrogen-bond acceptors (Lipinski definition) is 3. The molecule has 1 saturated heterocycles. The van der Waals surface area contributed by atoms with Crippen LogP contribution >= 0.6 is 0 Å². The van der Waals surface area contributed by atoms with E-state index in [0.717, 1.165) is 31.6 Å². The van der Waals surface area contributed by atoms with Crippen LogP contribution in [0.4, 0.5) is 5.69 Å². The van der Waals surface area contributed by atoms with E-state index < -0.39 is 10.0 Å². The zero-order valence-corrected chi connectivity index (χ0v) is 12.9. The largest absolute Gasteiger partial charge is 0.317 e. The van der Waals surface area contributed by atoms with Gasteiger partial charge in [0.1, 0.15) is 0 Å². The molecule has 20 heavy (non-hydrogen) atoms. The van der Waals surface area contributed by atoms with Crippen molar-refractivity contribution in [2.45, 2.75) is 37.4 Å². The number of hydrogen-bond donors (Lipinski definition) is 1. The lowest BCUT2D eigenvalue weighted by Gasteiger charge is -2.35. The molecule has 2 aliphatic rings. The fourth-order valence-electron chi connectivity index (χ4n) is 3.40. The summed E-state index contributed by atoms with van der Waals surface area (Å²) in [7, 11) is -3.25.